The molecule has 2 heterocycles. The zero-order valence-electron chi connectivity index (χ0n) is 14.1. The summed E-state index contributed by atoms with van der Waals surface area (Å²) in [5, 5.41) is 0.249. The zero-order chi connectivity index (χ0) is 16.5. The Bertz CT molecular complexity index is 533. The molecule has 1 aromatic heterocycles. The van der Waals surface area contributed by atoms with Crippen molar-refractivity contribution < 1.29 is 8.82 Å². The van der Waals surface area contributed by atoms with E-state index in [0.29, 0.717) is 5.92 Å². The molecule has 0 amide bonds. The zero-order valence-corrected chi connectivity index (χ0v) is 17.3. The van der Waals surface area contributed by atoms with Crippen LogP contribution >= 0.6 is 22.6 Å². The molecule has 1 saturated heterocycles. The van der Waals surface area contributed by atoms with Crippen LogP contribution in [0, 0.1) is 15.3 Å². The van der Waals surface area contributed by atoms with E-state index < -0.39 is 8.32 Å². The number of aromatic nitrogens is 1. The van der Waals surface area contributed by atoms with Crippen LogP contribution in [0.1, 0.15) is 27.2 Å². The molecule has 1 fully saturated rings. The van der Waals surface area contributed by atoms with Gasteiger partial charge in [0.2, 0.25) is 0 Å². The van der Waals surface area contributed by atoms with Crippen LogP contribution in [0.3, 0.4) is 0 Å². The van der Waals surface area contributed by atoms with Crippen molar-refractivity contribution in [1.29, 1.82) is 0 Å². The Morgan fingerprint density at radius 2 is 2.14 bits per heavy atom. The lowest BCUT2D eigenvalue weighted by molar-refractivity contribution is 0.238. The largest absolute Gasteiger partial charge is 0.416 e. The van der Waals surface area contributed by atoms with Crippen LogP contribution in [0.4, 0.5) is 10.2 Å². The molecular formula is C16H26FIN2OSi. The second-order valence-corrected chi connectivity index (χ2v) is 13.6. The van der Waals surface area contributed by atoms with Crippen molar-refractivity contribution >= 4 is 36.7 Å². The molecule has 124 valence electrons. The van der Waals surface area contributed by atoms with Crippen molar-refractivity contribution in [2.45, 2.75) is 45.3 Å². The van der Waals surface area contributed by atoms with Gasteiger partial charge in [-0.1, -0.05) is 20.8 Å². The minimum absolute atomic E-state index is 0.249. The van der Waals surface area contributed by atoms with E-state index >= 15 is 0 Å². The van der Waals surface area contributed by atoms with Crippen LogP contribution in [-0.2, 0) is 4.43 Å². The van der Waals surface area contributed by atoms with Gasteiger partial charge in [-0.15, -0.1) is 0 Å². The van der Waals surface area contributed by atoms with Crippen LogP contribution in [0.15, 0.2) is 12.3 Å². The van der Waals surface area contributed by atoms with Gasteiger partial charge in [0, 0.05) is 25.6 Å². The number of rotatable bonds is 4. The molecule has 1 atom stereocenters. The summed E-state index contributed by atoms with van der Waals surface area (Å²) < 4.78 is 20.4. The van der Waals surface area contributed by atoms with Gasteiger partial charge in [0.15, 0.2) is 8.32 Å². The van der Waals surface area contributed by atoms with Gasteiger partial charge in [-0.2, -0.15) is 0 Å². The highest BCUT2D eigenvalue weighted by Crippen LogP contribution is 2.37. The lowest BCUT2D eigenvalue weighted by Gasteiger charge is -2.37. The highest BCUT2D eigenvalue weighted by molar-refractivity contribution is 14.1. The molecule has 1 aliphatic heterocycles. The van der Waals surface area contributed by atoms with E-state index in [0.717, 1.165) is 35.5 Å². The quantitative estimate of drug-likeness (QED) is 0.507. The van der Waals surface area contributed by atoms with Gasteiger partial charge in [0.05, 0.1) is 9.77 Å². The predicted octanol–water partition coefficient (Wildman–Crippen LogP) is 4.67. The number of nitrogens with zero attached hydrogens (tertiary/aromatic N) is 2. The summed E-state index contributed by atoms with van der Waals surface area (Å²) in [7, 11) is -1.68. The normalized spacial score (nSPS) is 19.8. The molecule has 0 aliphatic carbocycles. The van der Waals surface area contributed by atoms with E-state index in [1.807, 2.05) is 0 Å². The molecule has 0 spiro atoms. The fourth-order valence-corrected chi connectivity index (χ4v) is 4.21. The Morgan fingerprint density at radius 3 is 2.73 bits per heavy atom. The smallest absolute Gasteiger partial charge is 0.191 e. The van der Waals surface area contributed by atoms with Gasteiger partial charge in [0.1, 0.15) is 11.6 Å². The third-order valence-electron chi connectivity index (χ3n) is 4.86. The molecule has 6 heteroatoms. The summed E-state index contributed by atoms with van der Waals surface area (Å²) in [5.74, 6) is 1.17. The molecule has 1 aliphatic rings. The standard InChI is InChI=1S/C16H26FIN2OSi/c1-16(2,3)22(4,5)21-11-12-6-7-20(10-12)15-14(18)8-13(17)9-19-15/h8-9,12H,6-7,10-11H2,1-5H3/t12-/m0/s1. The van der Waals surface area contributed by atoms with Crippen LogP contribution in [0.2, 0.25) is 18.1 Å². The Labute approximate surface area is 147 Å². The maximum atomic E-state index is 13.2. The molecule has 0 N–H and O–H groups in total. The van der Waals surface area contributed by atoms with Crippen molar-refractivity contribution in [3.05, 3.63) is 21.7 Å². The average Bonchev–Trinajstić information content (AvgIpc) is 2.83. The summed E-state index contributed by atoms with van der Waals surface area (Å²) in [6, 6.07) is 1.54. The van der Waals surface area contributed by atoms with Gasteiger partial charge < -0.3 is 9.33 Å². The van der Waals surface area contributed by atoms with Crippen molar-refractivity contribution in [3.63, 3.8) is 0 Å². The first-order valence-corrected chi connectivity index (χ1v) is 11.8. The van der Waals surface area contributed by atoms with Gasteiger partial charge >= 0.3 is 0 Å². The summed E-state index contributed by atoms with van der Waals surface area (Å²) in [6.45, 7) is 14.1. The van der Waals surface area contributed by atoms with Gasteiger partial charge in [-0.05, 0) is 53.2 Å². The summed E-state index contributed by atoms with van der Waals surface area (Å²) >= 11 is 2.16. The molecule has 3 nitrogen and oxygen atoms in total. The Morgan fingerprint density at radius 1 is 1.45 bits per heavy atom. The first-order chi connectivity index (χ1) is 10.1. The molecule has 22 heavy (non-hydrogen) atoms. The van der Waals surface area contributed by atoms with Crippen molar-refractivity contribution in [1.82, 2.24) is 4.98 Å². The lowest BCUT2D eigenvalue weighted by Crippen LogP contribution is -2.42. The minimum atomic E-state index is -1.68. The molecule has 0 saturated carbocycles. The molecule has 0 aromatic carbocycles. The molecule has 0 unspecified atom stereocenters. The highest BCUT2D eigenvalue weighted by atomic mass is 127. The summed E-state index contributed by atoms with van der Waals surface area (Å²) in [4.78, 5) is 6.50. The third kappa shape index (κ3) is 4.20. The van der Waals surface area contributed by atoms with Crippen molar-refractivity contribution in [2.24, 2.45) is 5.92 Å². The third-order valence-corrected chi connectivity index (χ3v) is 10.2. The van der Waals surface area contributed by atoms with Crippen LogP contribution in [-0.4, -0.2) is 33.0 Å². The van der Waals surface area contributed by atoms with Crippen molar-refractivity contribution in [2.75, 3.05) is 24.6 Å². The van der Waals surface area contributed by atoms with E-state index in [1.54, 1.807) is 6.07 Å². The Hall–Kier alpha value is -0.213. The Kier molecular flexibility index (Phi) is 5.54. The monoisotopic (exact) mass is 436 g/mol. The number of anilines is 1. The van der Waals surface area contributed by atoms with Crippen LogP contribution in [0.5, 0.6) is 0 Å². The second-order valence-electron chi connectivity index (χ2n) is 7.63. The topological polar surface area (TPSA) is 25.4 Å². The SMILES string of the molecule is CC(C)(C)[Si](C)(C)OC[C@H]1CCN(c2ncc(F)cc2I)C1. The molecule has 0 radical (unpaired) electrons. The van der Waals surface area contributed by atoms with E-state index in [-0.39, 0.29) is 10.9 Å². The lowest BCUT2D eigenvalue weighted by atomic mass is 10.1. The van der Waals surface area contributed by atoms with E-state index in [1.165, 1.54) is 6.20 Å². The number of pyridine rings is 1. The highest BCUT2D eigenvalue weighted by Gasteiger charge is 2.38. The molecule has 2 rings (SSSR count). The maximum absolute atomic E-state index is 13.2. The van der Waals surface area contributed by atoms with E-state index in [2.05, 4.69) is 66.3 Å². The van der Waals surface area contributed by atoms with E-state index in [4.69, 9.17) is 4.43 Å². The number of halogens is 2. The summed E-state index contributed by atoms with van der Waals surface area (Å²) in [6.07, 6.45) is 2.42. The number of hydrogen-bond acceptors (Lipinski definition) is 3. The predicted molar refractivity (Wildman–Crippen MR) is 100 cm³/mol. The van der Waals surface area contributed by atoms with Crippen LogP contribution in [0.25, 0.3) is 0 Å². The molecular weight excluding hydrogens is 410 g/mol. The first kappa shape index (κ1) is 18.1. The van der Waals surface area contributed by atoms with Gasteiger partial charge in [-0.3, -0.25) is 0 Å². The van der Waals surface area contributed by atoms with Crippen molar-refractivity contribution in [3.8, 4) is 0 Å². The van der Waals surface area contributed by atoms with Gasteiger partial charge in [-0.25, -0.2) is 9.37 Å². The summed E-state index contributed by atoms with van der Waals surface area (Å²) in [5.41, 5.74) is 0. The minimum Gasteiger partial charge on any atom is -0.416 e. The molecule has 0 bridgehead atoms. The average molecular weight is 436 g/mol. The van der Waals surface area contributed by atoms with E-state index in [9.17, 15) is 4.39 Å². The number of hydrogen-bond donors (Lipinski definition) is 0. The maximum Gasteiger partial charge on any atom is 0.191 e. The van der Waals surface area contributed by atoms with Crippen LogP contribution < -0.4 is 4.90 Å². The first-order valence-electron chi connectivity index (χ1n) is 7.80. The molecule has 1 aromatic rings. The fourth-order valence-electron chi connectivity index (χ4n) is 2.34. The Balaban J connectivity index is 1.93. The fraction of sp³-hybridized carbons (Fsp3) is 0.688. The second kappa shape index (κ2) is 6.73. The van der Waals surface area contributed by atoms with Gasteiger partial charge in [0.25, 0.3) is 0 Å².